The zero-order valence-electron chi connectivity index (χ0n) is 12.9. The molecule has 0 radical (unpaired) electrons. The Balaban J connectivity index is 2.02. The third kappa shape index (κ3) is 2.22. The van der Waals surface area contributed by atoms with Crippen LogP contribution >= 0.6 is 0 Å². The van der Waals surface area contributed by atoms with E-state index in [9.17, 15) is 9.59 Å². The van der Waals surface area contributed by atoms with Crippen LogP contribution in [0.25, 0.3) is 22.2 Å². The molecule has 0 atom stereocenters. The average Bonchev–Trinajstić information content (AvgIpc) is 2.60. The highest BCUT2D eigenvalue weighted by molar-refractivity contribution is 6.12. The van der Waals surface area contributed by atoms with Crippen LogP contribution in [-0.4, -0.2) is 24.0 Å². The molecule has 0 N–H and O–H groups in total. The molecular formula is C19H13NO4. The molecule has 118 valence electrons. The van der Waals surface area contributed by atoms with Crippen LogP contribution in [0.15, 0.2) is 48.5 Å². The summed E-state index contributed by atoms with van der Waals surface area (Å²) in [6, 6.07) is 14.7. The predicted molar refractivity (Wildman–Crippen MR) is 87.9 cm³/mol. The minimum absolute atomic E-state index is 0.0280. The van der Waals surface area contributed by atoms with Gasteiger partial charge in [-0.05, 0) is 30.3 Å². The molecule has 0 aliphatic carbocycles. The molecule has 0 fully saturated rings. The minimum Gasteiger partial charge on any atom is -0.497 e. The van der Waals surface area contributed by atoms with Crippen molar-refractivity contribution in [2.45, 2.75) is 6.42 Å². The van der Waals surface area contributed by atoms with Gasteiger partial charge in [0.25, 0.3) is 0 Å². The van der Waals surface area contributed by atoms with E-state index in [-0.39, 0.29) is 6.42 Å². The topological polar surface area (TPSA) is 65.5 Å². The number of aromatic nitrogens is 1. The molecule has 1 aliphatic heterocycles. The van der Waals surface area contributed by atoms with Crippen LogP contribution in [-0.2, 0) is 16.0 Å². The Morgan fingerprint density at radius 1 is 1.04 bits per heavy atom. The Kier molecular flexibility index (Phi) is 3.27. The lowest BCUT2D eigenvalue weighted by molar-refractivity contribution is -0.137. The number of cyclic esters (lactones) is 2. The number of hydrogen-bond donors (Lipinski definition) is 0. The van der Waals surface area contributed by atoms with E-state index in [0.717, 1.165) is 11.3 Å². The second kappa shape index (κ2) is 5.45. The summed E-state index contributed by atoms with van der Waals surface area (Å²) < 4.78 is 10.00. The molecule has 1 aromatic heterocycles. The van der Waals surface area contributed by atoms with Gasteiger partial charge in [0.1, 0.15) is 5.75 Å². The van der Waals surface area contributed by atoms with Crippen LogP contribution in [0.3, 0.4) is 0 Å². The highest BCUT2D eigenvalue weighted by Gasteiger charge is 2.30. The van der Waals surface area contributed by atoms with E-state index in [0.29, 0.717) is 27.7 Å². The van der Waals surface area contributed by atoms with E-state index < -0.39 is 11.9 Å². The van der Waals surface area contributed by atoms with Gasteiger partial charge in [-0.25, -0.2) is 9.78 Å². The van der Waals surface area contributed by atoms with Gasteiger partial charge in [0, 0.05) is 16.5 Å². The van der Waals surface area contributed by atoms with Crippen molar-refractivity contribution in [3.8, 4) is 17.0 Å². The van der Waals surface area contributed by atoms with E-state index >= 15 is 0 Å². The SMILES string of the molecule is COc1ccc(-c2nc3ccccc3c3c2CC(=O)OC3=O)cc1. The zero-order chi connectivity index (χ0) is 16.7. The minimum atomic E-state index is -0.616. The molecule has 1 aliphatic rings. The fourth-order valence-corrected chi connectivity index (χ4v) is 2.98. The molecule has 5 heteroatoms. The normalized spacial score (nSPS) is 13.5. The maximum atomic E-state index is 12.3. The number of nitrogens with zero attached hydrogens (tertiary/aromatic N) is 1. The number of carbonyl (C=O) groups excluding carboxylic acids is 2. The molecule has 0 saturated heterocycles. The van der Waals surface area contributed by atoms with Crippen molar-refractivity contribution in [2.75, 3.05) is 7.11 Å². The Bertz CT molecular complexity index is 977. The number of pyridine rings is 1. The number of rotatable bonds is 2. The molecule has 2 aromatic carbocycles. The Morgan fingerprint density at radius 2 is 1.79 bits per heavy atom. The molecule has 0 spiro atoms. The molecular weight excluding hydrogens is 306 g/mol. The first-order valence-corrected chi connectivity index (χ1v) is 7.48. The summed E-state index contributed by atoms with van der Waals surface area (Å²) >= 11 is 0. The van der Waals surface area contributed by atoms with Crippen molar-refractivity contribution in [3.05, 3.63) is 59.7 Å². The molecule has 3 aromatic rings. The van der Waals surface area contributed by atoms with Gasteiger partial charge in [0.15, 0.2) is 0 Å². The van der Waals surface area contributed by atoms with E-state index in [4.69, 9.17) is 9.47 Å². The van der Waals surface area contributed by atoms with Crippen LogP contribution < -0.4 is 4.74 Å². The predicted octanol–water partition coefficient (Wildman–Crippen LogP) is 3.15. The summed E-state index contributed by atoms with van der Waals surface area (Å²) in [6.07, 6.45) is 0.0280. The summed E-state index contributed by atoms with van der Waals surface area (Å²) in [4.78, 5) is 28.8. The molecule has 0 bridgehead atoms. The monoisotopic (exact) mass is 319 g/mol. The highest BCUT2D eigenvalue weighted by atomic mass is 16.6. The van der Waals surface area contributed by atoms with Crippen molar-refractivity contribution < 1.29 is 19.1 Å². The van der Waals surface area contributed by atoms with E-state index in [2.05, 4.69) is 4.98 Å². The van der Waals surface area contributed by atoms with Gasteiger partial charge in [-0.2, -0.15) is 0 Å². The van der Waals surface area contributed by atoms with E-state index in [1.807, 2.05) is 48.5 Å². The number of fused-ring (bicyclic) bond motifs is 3. The number of benzene rings is 2. The van der Waals surface area contributed by atoms with Crippen LogP contribution in [0, 0.1) is 0 Å². The maximum Gasteiger partial charge on any atom is 0.346 e. The quantitative estimate of drug-likeness (QED) is 0.536. The van der Waals surface area contributed by atoms with Gasteiger partial charge < -0.3 is 9.47 Å². The summed E-state index contributed by atoms with van der Waals surface area (Å²) in [6.45, 7) is 0. The zero-order valence-corrected chi connectivity index (χ0v) is 12.9. The molecule has 5 nitrogen and oxygen atoms in total. The van der Waals surface area contributed by atoms with Crippen molar-refractivity contribution in [1.29, 1.82) is 0 Å². The van der Waals surface area contributed by atoms with Crippen molar-refractivity contribution in [1.82, 2.24) is 4.98 Å². The summed E-state index contributed by atoms with van der Waals surface area (Å²) in [5.41, 5.74) is 3.16. The second-order valence-electron chi connectivity index (χ2n) is 5.50. The van der Waals surface area contributed by atoms with E-state index in [1.165, 1.54) is 0 Å². The number of hydrogen-bond acceptors (Lipinski definition) is 5. The standard InChI is InChI=1S/C19H13NO4/c1-23-12-8-6-11(7-9-12)18-14-10-16(21)24-19(22)17(14)13-4-2-3-5-15(13)20-18/h2-9H,10H2,1H3. The number of para-hydroxylation sites is 1. The van der Waals surface area contributed by atoms with Crippen LogP contribution in [0.1, 0.15) is 15.9 Å². The first kappa shape index (κ1) is 14.4. The lowest BCUT2D eigenvalue weighted by Gasteiger charge is -2.19. The molecule has 24 heavy (non-hydrogen) atoms. The second-order valence-corrected chi connectivity index (χ2v) is 5.50. The third-order valence-corrected chi connectivity index (χ3v) is 4.09. The first-order valence-electron chi connectivity index (χ1n) is 7.48. The third-order valence-electron chi connectivity index (χ3n) is 4.09. The van der Waals surface area contributed by atoms with Gasteiger partial charge in [-0.15, -0.1) is 0 Å². The molecule has 0 amide bonds. The van der Waals surface area contributed by atoms with Crippen molar-refractivity contribution in [2.24, 2.45) is 0 Å². The summed E-state index contributed by atoms with van der Waals surface area (Å²) in [5, 5.41) is 0.697. The number of esters is 2. The number of carbonyl (C=O) groups is 2. The molecule has 0 unspecified atom stereocenters. The lowest BCUT2D eigenvalue weighted by atomic mass is 9.93. The largest absolute Gasteiger partial charge is 0.497 e. The molecule has 2 heterocycles. The van der Waals surface area contributed by atoms with Gasteiger partial charge in [0.05, 0.1) is 30.3 Å². The van der Waals surface area contributed by atoms with Crippen LogP contribution in [0.2, 0.25) is 0 Å². The summed E-state index contributed by atoms with van der Waals surface area (Å²) in [5.74, 6) is -0.446. The first-order chi connectivity index (χ1) is 11.7. The maximum absolute atomic E-state index is 12.3. The van der Waals surface area contributed by atoms with Crippen LogP contribution in [0.4, 0.5) is 0 Å². The van der Waals surface area contributed by atoms with Crippen molar-refractivity contribution in [3.63, 3.8) is 0 Å². The molecule has 4 rings (SSSR count). The number of methoxy groups -OCH3 is 1. The van der Waals surface area contributed by atoms with Crippen LogP contribution in [0.5, 0.6) is 5.75 Å². The van der Waals surface area contributed by atoms with Gasteiger partial charge in [0.2, 0.25) is 0 Å². The van der Waals surface area contributed by atoms with Crippen molar-refractivity contribution >= 4 is 22.8 Å². The van der Waals surface area contributed by atoms with Gasteiger partial charge >= 0.3 is 11.9 Å². The van der Waals surface area contributed by atoms with E-state index in [1.54, 1.807) is 7.11 Å². The number of ether oxygens (including phenoxy) is 2. The Labute approximate surface area is 137 Å². The fraction of sp³-hybridized carbons (Fsp3) is 0.105. The lowest BCUT2D eigenvalue weighted by Crippen LogP contribution is -2.24. The smallest absolute Gasteiger partial charge is 0.346 e. The highest BCUT2D eigenvalue weighted by Crippen LogP contribution is 2.34. The van der Waals surface area contributed by atoms with Gasteiger partial charge in [-0.1, -0.05) is 18.2 Å². The molecule has 0 saturated carbocycles. The summed E-state index contributed by atoms with van der Waals surface area (Å²) in [7, 11) is 1.60. The fourth-order valence-electron chi connectivity index (χ4n) is 2.98. The Hall–Kier alpha value is -3.21. The Morgan fingerprint density at radius 3 is 2.54 bits per heavy atom. The van der Waals surface area contributed by atoms with Gasteiger partial charge in [-0.3, -0.25) is 4.79 Å². The average molecular weight is 319 g/mol.